The lowest BCUT2D eigenvalue weighted by Gasteiger charge is -2.06. The average Bonchev–Trinajstić information content (AvgIpc) is 2.32. The second-order valence-electron chi connectivity index (χ2n) is 3.62. The summed E-state index contributed by atoms with van der Waals surface area (Å²) in [6, 6.07) is 6.38. The fourth-order valence-electron chi connectivity index (χ4n) is 1.53. The molecule has 0 amide bonds. The lowest BCUT2D eigenvalue weighted by molar-refractivity contribution is 0.103. The number of hydrogen-bond acceptors (Lipinski definition) is 2. The Hall–Kier alpha value is -1.55. The lowest BCUT2D eigenvalue weighted by Crippen LogP contribution is -2.07. The van der Waals surface area contributed by atoms with E-state index in [0.29, 0.717) is 5.56 Å². The van der Waals surface area contributed by atoms with Crippen molar-refractivity contribution in [1.29, 1.82) is 0 Å². The summed E-state index contributed by atoms with van der Waals surface area (Å²) in [5.74, 6) is -0.893. The molecule has 0 spiro atoms. The van der Waals surface area contributed by atoms with Crippen LogP contribution in [0.4, 0.5) is 4.39 Å². The number of nitrogens with zero attached hydrogens (tertiary/aromatic N) is 1. The van der Waals surface area contributed by atoms with Crippen molar-refractivity contribution in [2.45, 2.75) is 6.92 Å². The van der Waals surface area contributed by atoms with Gasteiger partial charge in [-0.25, -0.2) is 4.39 Å². The molecule has 0 N–H and O–H groups in total. The molecule has 0 unspecified atom stereocenters. The van der Waals surface area contributed by atoms with Gasteiger partial charge in [-0.2, -0.15) is 0 Å². The van der Waals surface area contributed by atoms with Gasteiger partial charge in [0.1, 0.15) is 5.82 Å². The van der Waals surface area contributed by atoms with Crippen LogP contribution in [0.2, 0.25) is 0 Å². The van der Waals surface area contributed by atoms with E-state index in [0.717, 1.165) is 5.56 Å². The summed E-state index contributed by atoms with van der Waals surface area (Å²) in [5, 5.41) is 0. The molecule has 0 radical (unpaired) electrons. The van der Waals surface area contributed by atoms with Gasteiger partial charge in [-0.3, -0.25) is 9.78 Å². The number of aryl methyl sites for hydroxylation is 1. The third-order valence-electron chi connectivity index (χ3n) is 2.48. The number of pyridine rings is 1. The van der Waals surface area contributed by atoms with E-state index in [2.05, 4.69) is 20.9 Å². The number of carbonyl (C=O) groups is 1. The van der Waals surface area contributed by atoms with Gasteiger partial charge in [0.05, 0.1) is 10.0 Å². The van der Waals surface area contributed by atoms with Crippen LogP contribution in [0.15, 0.2) is 41.1 Å². The van der Waals surface area contributed by atoms with Gasteiger partial charge < -0.3 is 0 Å². The Bertz CT molecular complexity index is 583. The van der Waals surface area contributed by atoms with Crippen LogP contribution >= 0.6 is 15.9 Å². The standard InChI is InChI=1S/C13H9BrFNO/c1-8-5-6-16-7-10(8)13(17)9-3-2-4-11(14)12(9)15/h2-7H,1H3. The highest BCUT2D eigenvalue weighted by atomic mass is 79.9. The molecule has 86 valence electrons. The van der Waals surface area contributed by atoms with E-state index in [4.69, 9.17) is 0 Å². The van der Waals surface area contributed by atoms with Crippen molar-refractivity contribution in [2.24, 2.45) is 0 Å². The fraction of sp³-hybridized carbons (Fsp3) is 0.0769. The minimum absolute atomic E-state index is 0.0514. The highest BCUT2D eigenvalue weighted by molar-refractivity contribution is 9.10. The summed E-state index contributed by atoms with van der Waals surface area (Å²) in [4.78, 5) is 16.0. The quantitative estimate of drug-likeness (QED) is 0.793. The van der Waals surface area contributed by atoms with Gasteiger partial charge in [0.25, 0.3) is 0 Å². The molecule has 2 rings (SSSR count). The smallest absolute Gasteiger partial charge is 0.197 e. The fourth-order valence-corrected chi connectivity index (χ4v) is 1.89. The molecule has 0 saturated heterocycles. The zero-order valence-electron chi connectivity index (χ0n) is 9.08. The largest absolute Gasteiger partial charge is 0.288 e. The van der Waals surface area contributed by atoms with Crippen LogP contribution in [0.25, 0.3) is 0 Å². The van der Waals surface area contributed by atoms with Crippen molar-refractivity contribution in [1.82, 2.24) is 4.98 Å². The molecule has 0 fully saturated rings. The Morgan fingerprint density at radius 3 is 2.76 bits per heavy atom. The van der Waals surface area contributed by atoms with Crippen LogP contribution < -0.4 is 0 Å². The molecular formula is C13H9BrFNO. The average molecular weight is 294 g/mol. The summed E-state index contributed by atoms with van der Waals surface area (Å²) in [6.07, 6.45) is 3.06. The Morgan fingerprint density at radius 1 is 1.29 bits per heavy atom. The maximum atomic E-state index is 13.8. The summed E-state index contributed by atoms with van der Waals surface area (Å²) >= 11 is 3.06. The topological polar surface area (TPSA) is 30.0 Å². The van der Waals surface area contributed by atoms with E-state index in [-0.39, 0.29) is 15.8 Å². The number of rotatable bonds is 2. The number of hydrogen-bond donors (Lipinski definition) is 0. The summed E-state index contributed by atoms with van der Waals surface area (Å²) in [5.41, 5.74) is 1.25. The summed E-state index contributed by atoms with van der Waals surface area (Å²) in [7, 11) is 0. The Labute approximate surface area is 107 Å². The van der Waals surface area contributed by atoms with Crippen LogP contribution in [0.3, 0.4) is 0 Å². The molecule has 4 heteroatoms. The highest BCUT2D eigenvalue weighted by Crippen LogP contribution is 2.21. The van der Waals surface area contributed by atoms with Gasteiger partial charge in [-0.1, -0.05) is 6.07 Å². The predicted molar refractivity (Wildman–Crippen MR) is 66.5 cm³/mol. The maximum absolute atomic E-state index is 13.8. The molecule has 0 saturated carbocycles. The molecule has 0 aliphatic carbocycles. The molecular weight excluding hydrogens is 285 g/mol. The number of aromatic nitrogens is 1. The SMILES string of the molecule is Cc1ccncc1C(=O)c1cccc(Br)c1F. The molecule has 0 aliphatic heterocycles. The minimum atomic E-state index is -0.541. The first-order valence-electron chi connectivity index (χ1n) is 5.00. The number of benzene rings is 1. The molecule has 1 aromatic heterocycles. The third-order valence-corrected chi connectivity index (χ3v) is 3.09. The molecule has 0 bridgehead atoms. The molecule has 1 heterocycles. The van der Waals surface area contributed by atoms with Crippen molar-refractivity contribution in [2.75, 3.05) is 0 Å². The first-order chi connectivity index (χ1) is 8.11. The second-order valence-corrected chi connectivity index (χ2v) is 4.48. The van der Waals surface area contributed by atoms with Crippen molar-refractivity contribution in [3.05, 3.63) is 63.6 Å². The van der Waals surface area contributed by atoms with Crippen LogP contribution in [-0.4, -0.2) is 10.8 Å². The van der Waals surface area contributed by atoms with E-state index < -0.39 is 5.82 Å². The summed E-state index contributed by atoms with van der Waals surface area (Å²) < 4.78 is 14.1. The van der Waals surface area contributed by atoms with Gasteiger partial charge in [0.15, 0.2) is 5.78 Å². The van der Waals surface area contributed by atoms with Crippen molar-refractivity contribution in [3.63, 3.8) is 0 Å². The Kier molecular flexibility index (Phi) is 3.33. The van der Waals surface area contributed by atoms with E-state index in [1.54, 1.807) is 31.3 Å². The van der Waals surface area contributed by atoms with Crippen LogP contribution in [0, 0.1) is 12.7 Å². The summed E-state index contributed by atoms with van der Waals surface area (Å²) in [6.45, 7) is 1.80. The van der Waals surface area contributed by atoms with E-state index >= 15 is 0 Å². The highest BCUT2D eigenvalue weighted by Gasteiger charge is 2.17. The molecule has 1 aromatic carbocycles. The first kappa shape index (κ1) is 11.9. The molecule has 2 aromatic rings. The lowest BCUT2D eigenvalue weighted by atomic mass is 10.0. The van der Waals surface area contributed by atoms with Gasteiger partial charge in [-0.15, -0.1) is 0 Å². The molecule has 2 nitrogen and oxygen atoms in total. The van der Waals surface area contributed by atoms with Gasteiger partial charge in [0.2, 0.25) is 0 Å². The Morgan fingerprint density at radius 2 is 2.06 bits per heavy atom. The minimum Gasteiger partial charge on any atom is -0.288 e. The van der Waals surface area contributed by atoms with Gasteiger partial charge >= 0.3 is 0 Å². The van der Waals surface area contributed by atoms with Crippen LogP contribution in [0.5, 0.6) is 0 Å². The Balaban J connectivity index is 2.52. The normalized spacial score (nSPS) is 10.3. The molecule has 0 atom stereocenters. The zero-order valence-corrected chi connectivity index (χ0v) is 10.7. The molecule has 17 heavy (non-hydrogen) atoms. The zero-order chi connectivity index (χ0) is 12.4. The monoisotopic (exact) mass is 293 g/mol. The predicted octanol–water partition coefficient (Wildman–Crippen LogP) is 3.52. The van der Waals surface area contributed by atoms with E-state index in [9.17, 15) is 9.18 Å². The second kappa shape index (κ2) is 4.75. The van der Waals surface area contributed by atoms with Crippen LogP contribution in [0.1, 0.15) is 21.5 Å². The first-order valence-corrected chi connectivity index (χ1v) is 5.80. The number of carbonyl (C=O) groups excluding carboxylic acids is 1. The third kappa shape index (κ3) is 2.26. The van der Waals surface area contributed by atoms with E-state index in [1.165, 1.54) is 12.3 Å². The van der Waals surface area contributed by atoms with Gasteiger partial charge in [-0.05, 0) is 46.6 Å². The van der Waals surface area contributed by atoms with E-state index in [1.807, 2.05) is 0 Å². The van der Waals surface area contributed by atoms with Crippen molar-refractivity contribution < 1.29 is 9.18 Å². The molecule has 0 aliphatic rings. The van der Waals surface area contributed by atoms with Crippen LogP contribution in [-0.2, 0) is 0 Å². The maximum Gasteiger partial charge on any atom is 0.197 e. The van der Waals surface area contributed by atoms with Crippen molar-refractivity contribution >= 4 is 21.7 Å². The number of halogens is 2. The van der Waals surface area contributed by atoms with Crippen molar-refractivity contribution in [3.8, 4) is 0 Å². The number of ketones is 1. The van der Waals surface area contributed by atoms with Gasteiger partial charge in [0, 0.05) is 18.0 Å².